The summed E-state index contributed by atoms with van der Waals surface area (Å²) in [7, 11) is 0. The highest BCUT2D eigenvalue weighted by atomic mass is 16.8. The molecule has 2 heterocycles. The van der Waals surface area contributed by atoms with Gasteiger partial charge >= 0.3 is 0 Å². The van der Waals surface area contributed by atoms with Crippen LogP contribution in [0.5, 0.6) is 0 Å². The predicted molar refractivity (Wildman–Crippen MR) is 133 cm³/mol. The minimum atomic E-state index is -0.505. The van der Waals surface area contributed by atoms with E-state index in [-0.39, 0.29) is 46.1 Å². The zero-order chi connectivity index (χ0) is 24.5. The maximum absolute atomic E-state index is 6.71. The Morgan fingerprint density at radius 2 is 1.50 bits per heavy atom. The molecule has 2 aliphatic heterocycles. The van der Waals surface area contributed by atoms with Crippen molar-refractivity contribution in [3.8, 4) is 0 Å². The summed E-state index contributed by atoms with van der Waals surface area (Å²) in [6.07, 6.45) is 5.73. The first-order chi connectivity index (χ1) is 14.7. The normalized spacial score (nSPS) is 40.6. The Labute approximate surface area is 199 Å². The fourth-order valence-corrected chi connectivity index (χ4v) is 6.17. The predicted octanol–water partition coefficient (Wildman–Crippen LogP) is 7.73. The van der Waals surface area contributed by atoms with Gasteiger partial charge in [0.25, 0.3) is 0 Å². The lowest BCUT2D eigenvalue weighted by Gasteiger charge is -2.59. The summed E-state index contributed by atoms with van der Waals surface area (Å²) < 4.78 is 26.2. The molecule has 190 valence electrons. The van der Waals surface area contributed by atoms with Gasteiger partial charge in [0.15, 0.2) is 0 Å². The Hall–Kier alpha value is -0.160. The second-order valence-electron chi connectivity index (χ2n) is 12.2. The third-order valence-electron chi connectivity index (χ3n) is 10.4. The molecule has 2 aliphatic rings. The van der Waals surface area contributed by atoms with E-state index in [1.165, 1.54) is 0 Å². The topological polar surface area (TPSA) is 36.9 Å². The number of hydrogen-bond acceptors (Lipinski definition) is 4. The van der Waals surface area contributed by atoms with Crippen molar-refractivity contribution >= 4 is 0 Å². The highest BCUT2D eigenvalue weighted by Gasteiger charge is 2.57. The first-order valence-corrected chi connectivity index (χ1v) is 13.3. The molecule has 0 saturated carbocycles. The van der Waals surface area contributed by atoms with Crippen LogP contribution in [-0.4, -0.2) is 37.0 Å². The molecule has 8 atom stereocenters. The quantitative estimate of drug-likeness (QED) is 0.357. The summed E-state index contributed by atoms with van der Waals surface area (Å²) in [5, 5.41) is 0. The van der Waals surface area contributed by atoms with Gasteiger partial charge in [0.2, 0.25) is 12.6 Å². The van der Waals surface area contributed by atoms with E-state index in [0.29, 0.717) is 0 Å². The average Bonchev–Trinajstić information content (AvgIpc) is 2.75. The monoisotopic (exact) mass is 454 g/mol. The van der Waals surface area contributed by atoms with Gasteiger partial charge in [0.1, 0.15) is 0 Å². The van der Waals surface area contributed by atoms with Crippen LogP contribution < -0.4 is 0 Å². The lowest BCUT2D eigenvalue weighted by Crippen LogP contribution is -2.62. The maximum atomic E-state index is 6.71. The molecule has 32 heavy (non-hydrogen) atoms. The van der Waals surface area contributed by atoms with E-state index in [2.05, 4.69) is 83.1 Å². The minimum Gasteiger partial charge on any atom is -0.345 e. The summed E-state index contributed by atoms with van der Waals surface area (Å²) in [6.45, 7) is 27.6. The van der Waals surface area contributed by atoms with Crippen LogP contribution in [0.3, 0.4) is 0 Å². The molecular formula is C28H54O4. The van der Waals surface area contributed by atoms with Crippen LogP contribution in [-0.2, 0) is 18.9 Å². The molecule has 0 aromatic carbocycles. The first-order valence-electron chi connectivity index (χ1n) is 13.3. The fourth-order valence-electron chi connectivity index (χ4n) is 6.17. The number of hydrogen-bond donors (Lipinski definition) is 0. The summed E-state index contributed by atoms with van der Waals surface area (Å²) in [5.41, 5.74) is 0.417. The molecule has 2 bridgehead atoms. The van der Waals surface area contributed by atoms with E-state index < -0.39 is 12.6 Å². The molecule has 2 saturated heterocycles. The third kappa shape index (κ3) is 4.95. The Balaban J connectivity index is 2.47. The summed E-state index contributed by atoms with van der Waals surface area (Å²) >= 11 is 0. The lowest BCUT2D eigenvalue weighted by molar-refractivity contribution is -0.390. The van der Waals surface area contributed by atoms with Gasteiger partial charge in [0.05, 0.1) is 24.4 Å². The zero-order valence-corrected chi connectivity index (χ0v) is 23.3. The smallest absolute Gasteiger partial charge is 0.210 e. The maximum Gasteiger partial charge on any atom is 0.210 e. The van der Waals surface area contributed by atoms with Crippen molar-refractivity contribution in [1.82, 2.24) is 0 Å². The molecule has 0 spiro atoms. The van der Waals surface area contributed by atoms with Gasteiger partial charge < -0.3 is 18.9 Å². The van der Waals surface area contributed by atoms with Crippen LogP contribution >= 0.6 is 0 Å². The Kier molecular flexibility index (Phi) is 8.97. The van der Waals surface area contributed by atoms with Gasteiger partial charge in [-0.15, -0.1) is 0 Å². The Bertz CT molecular complexity index is 604. The molecule has 0 aliphatic carbocycles. The highest BCUT2D eigenvalue weighted by molar-refractivity contribution is 5.03. The Morgan fingerprint density at radius 3 is 1.97 bits per heavy atom. The summed E-state index contributed by atoms with van der Waals surface area (Å²) in [5.74, 6) is 0. The molecular weight excluding hydrogens is 400 g/mol. The fraction of sp³-hybridized carbons (Fsp3) is 1.00. The van der Waals surface area contributed by atoms with Crippen molar-refractivity contribution in [2.24, 2.45) is 21.7 Å². The van der Waals surface area contributed by atoms with Crippen LogP contribution in [0.15, 0.2) is 0 Å². The van der Waals surface area contributed by atoms with Crippen molar-refractivity contribution in [2.45, 2.75) is 159 Å². The van der Waals surface area contributed by atoms with E-state index in [9.17, 15) is 0 Å². The summed E-state index contributed by atoms with van der Waals surface area (Å²) in [4.78, 5) is 0. The number of ether oxygens (including phenoxy) is 4. The average molecular weight is 455 g/mol. The van der Waals surface area contributed by atoms with Crippen molar-refractivity contribution in [3.05, 3.63) is 0 Å². The highest BCUT2D eigenvalue weighted by Crippen LogP contribution is 2.56. The molecule has 8 unspecified atom stereocenters. The second kappa shape index (κ2) is 10.2. The Morgan fingerprint density at radius 1 is 0.906 bits per heavy atom. The van der Waals surface area contributed by atoms with Crippen molar-refractivity contribution in [3.63, 3.8) is 0 Å². The van der Waals surface area contributed by atoms with E-state index in [4.69, 9.17) is 18.9 Å². The van der Waals surface area contributed by atoms with Gasteiger partial charge in [0, 0.05) is 17.3 Å². The lowest BCUT2D eigenvalue weighted by atomic mass is 9.55. The molecule has 4 heteroatoms. The SMILES string of the molecule is CCC(C)(C)C(C)(CC)CC1CC2OC(O1)C(OC(C)C)OC(C)C(C)(CC)C2(C)CC. The van der Waals surface area contributed by atoms with Crippen LogP contribution in [0, 0.1) is 21.7 Å². The zero-order valence-electron chi connectivity index (χ0n) is 23.3. The van der Waals surface area contributed by atoms with Crippen molar-refractivity contribution < 1.29 is 18.9 Å². The van der Waals surface area contributed by atoms with Gasteiger partial charge in [-0.25, -0.2) is 0 Å². The van der Waals surface area contributed by atoms with E-state index in [0.717, 1.165) is 38.5 Å². The molecule has 2 rings (SSSR count). The van der Waals surface area contributed by atoms with Gasteiger partial charge in [-0.05, 0) is 50.9 Å². The molecule has 0 aromatic rings. The molecule has 0 aromatic heterocycles. The molecule has 2 fully saturated rings. The molecule has 0 N–H and O–H groups in total. The van der Waals surface area contributed by atoms with Gasteiger partial charge in [-0.1, -0.05) is 75.2 Å². The summed E-state index contributed by atoms with van der Waals surface area (Å²) in [6, 6.07) is 0. The van der Waals surface area contributed by atoms with Crippen LogP contribution in [0.25, 0.3) is 0 Å². The molecule has 0 radical (unpaired) electrons. The van der Waals surface area contributed by atoms with Gasteiger partial charge in [-0.3, -0.25) is 0 Å². The largest absolute Gasteiger partial charge is 0.345 e. The third-order valence-corrected chi connectivity index (χ3v) is 10.4. The molecule has 0 amide bonds. The van der Waals surface area contributed by atoms with E-state index in [1.807, 2.05) is 0 Å². The standard InChI is InChI=1S/C28H54O4/c1-13-25(8,9)26(10,14-2)18-21-17-22-28(12,16-4)27(11,15-3)20(7)30-23(29-19(5)6)24(31-21)32-22/h19-24H,13-18H2,1-12H3. The van der Waals surface area contributed by atoms with Crippen LogP contribution in [0.2, 0.25) is 0 Å². The number of rotatable bonds is 9. The van der Waals surface area contributed by atoms with Crippen LogP contribution in [0.4, 0.5) is 0 Å². The minimum absolute atomic E-state index is 0.00681. The van der Waals surface area contributed by atoms with Crippen molar-refractivity contribution in [2.75, 3.05) is 0 Å². The molecule has 4 nitrogen and oxygen atoms in total. The van der Waals surface area contributed by atoms with Crippen LogP contribution in [0.1, 0.15) is 122 Å². The number of fused-ring (bicyclic) bond motifs is 2. The first kappa shape index (κ1) is 28.1. The second-order valence-corrected chi connectivity index (χ2v) is 12.2. The van der Waals surface area contributed by atoms with E-state index in [1.54, 1.807) is 0 Å². The van der Waals surface area contributed by atoms with Gasteiger partial charge in [-0.2, -0.15) is 0 Å². The van der Waals surface area contributed by atoms with E-state index >= 15 is 0 Å². The van der Waals surface area contributed by atoms with Crippen molar-refractivity contribution in [1.29, 1.82) is 0 Å².